The van der Waals surface area contributed by atoms with E-state index in [9.17, 15) is 4.79 Å². The molecule has 0 spiro atoms. The van der Waals surface area contributed by atoms with Crippen molar-refractivity contribution in [1.29, 1.82) is 0 Å². The Morgan fingerprint density at radius 3 is 2.49 bits per heavy atom. The SMILES string of the molecule is COc1ccc(/C=C/C(=O)c2cccc(-n3cccc3)c2)cc1COc1ccc2ccccc2c1. The largest absolute Gasteiger partial charge is 0.496 e. The van der Waals surface area contributed by atoms with Crippen molar-refractivity contribution in [2.24, 2.45) is 0 Å². The third-order valence-corrected chi connectivity index (χ3v) is 5.88. The Balaban J connectivity index is 1.31. The summed E-state index contributed by atoms with van der Waals surface area (Å²) in [6, 6.07) is 31.6. The Bertz CT molecular complexity index is 1500. The van der Waals surface area contributed by atoms with Gasteiger partial charge in [-0.3, -0.25) is 4.79 Å². The molecule has 4 heteroatoms. The zero-order valence-corrected chi connectivity index (χ0v) is 19.4. The Morgan fingerprint density at radius 1 is 0.829 bits per heavy atom. The lowest BCUT2D eigenvalue weighted by atomic mass is 10.1. The van der Waals surface area contributed by atoms with Crippen molar-refractivity contribution in [3.8, 4) is 17.2 Å². The first-order valence-corrected chi connectivity index (χ1v) is 11.4. The van der Waals surface area contributed by atoms with Crippen molar-refractivity contribution in [3.63, 3.8) is 0 Å². The van der Waals surface area contributed by atoms with E-state index in [4.69, 9.17) is 9.47 Å². The summed E-state index contributed by atoms with van der Waals surface area (Å²) in [5.74, 6) is 1.49. The number of ketones is 1. The van der Waals surface area contributed by atoms with Crippen molar-refractivity contribution < 1.29 is 14.3 Å². The number of fused-ring (bicyclic) bond motifs is 1. The van der Waals surface area contributed by atoms with Gasteiger partial charge in [-0.2, -0.15) is 0 Å². The first kappa shape index (κ1) is 22.2. The van der Waals surface area contributed by atoms with Gasteiger partial charge in [0.25, 0.3) is 0 Å². The summed E-state index contributed by atoms with van der Waals surface area (Å²) >= 11 is 0. The van der Waals surface area contributed by atoms with Gasteiger partial charge in [-0.1, -0.05) is 54.6 Å². The number of methoxy groups -OCH3 is 1. The van der Waals surface area contributed by atoms with E-state index in [-0.39, 0.29) is 5.78 Å². The third-order valence-electron chi connectivity index (χ3n) is 5.88. The molecule has 172 valence electrons. The van der Waals surface area contributed by atoms with Gasteiger partial charge in [-0.05, 0) is 70.9 Å². The fraction of sp³-hybridized carbons (Fsp3) is 0.0645. The molecule has 0 aliphatic heterocycles. The number of hydrogen-bond acceptors (Lipinski definition) is 3. The highest BCUT2D eigenvalue weighted by molar-refractivity contribution is 6.07. The molecular formula is C31H25NO3. The van der Waals surface area contributed by atoms with Crippen molar-refractivity contribution in [3.05, 3.63) is 132 Å². The first-order valence-electron chi connectivity index (χ1n) is 11.4. The summed E-state index contributed by atoms with van der Waals surface area (Å²) in [6.45, 7) is 0.357. The van der Waals surface area contributed by atoms with Crippen LogP contribution in [-0.2, 0) is 6.61 Å². The standard InChI is InChI=1S/C31H25NO3/c1-34-31-16-12-23(11-15-30(33)26-9-6-10-28(20-26)32-17-4-5-18-32)19-27(31)22-35-29-14-13-24-7-2-3-8-25(24)21-29/h2-21H,22H2,1H3/b15-11+. The predicted octanol–water partition coefficient (Wildman–Crippen LogP) is 7.11. The van der Waals surface area contributed by atoms with Crippen LogP contribution in [0.15, 0.2) is 116 Å². The monoisotopic (exact) mass is 459 g/mol. The summed E-state index contributed by atoms with van der Waals surface area (Å²) in [5.41, 5.74) is 3.40. The zero-order chi connectivity index (χ0) is 24.0. The van der Waals surface area contributed by atoms with E-state index in [1.807, 2.05) is 102 Å². The lowest BCUT2D eigenvalue weighted by Gasteiger charge is -2.12. The van der Waals surface area contributed by atoms with Crippen LogP contribution in [0.25, 0.3) is 22.5 Å². The molecule has 5 rings (SSSR count). The number of allylic oxidation sites excluding steroid dienone is 1. The molecule has 35 heavy (non-hydrogen) atoms. The summed E-state index contributed by atoms with van der Waals surface area (Å²) in [6.07, 6.45) is 7.34. The Kier molecular flexibility index (Phi) is 6.44. The van der Waals surface area contributed by atoms with Gasteiger partial charge in [-0.15, -0.1) is 0 Å². The minimum Gasteiger partial charge on any atom is -0.496 e. The summed E-state index contributed by atoms with van der Waals surface area (Å²) in [5, 5.41) is 2.31. The highest BCUT2D eigenvalue weighted by atomic mass is 16.5. The van der Waals surface area contributed by atoms with Gasteiger partial charge >= 0.3 is 0 Å². The Labute approximate surface area is 204 Å². The number of hydrogen-bond donors (Lipinski definition) is 0. The fourth-order valence-electron chi connectivity index (χ4n) is 4.03. The molecule has 0 N–H and O–H groups in total. The topological polar surface area (TPSA) is 40.5 Å². The minimum atomic E-state index is -0.0520. The van der Waals surface area contributed by atoms with Gasteiger partial charge in [0.1, 0.15) is 18.1 Å². The smallest absolute Gasteiger partial charge is 0.185 e. The molecule has 0 bridgehead atoms. The molecule has 0 amide bonds. The Hall–Kier alpha value is -4.57. The second-order valence-electron chi connectivity index (χ2n) is 8.21. The van der Waals surface area contributed by atoms with Crippen LogP contribution in [0.1, 0.15) is 21.5 Å². The molecule has 5 aromatic rings. The number of carbonyl (C=O) groups is 1. The van der Waals surface area contributed by atoms with Gasteiger partial charge in [0.2, 0.25) is 0 Å². The van der Waals surface area contributed by atoms with Crippen LogP contribution in [-0.4, -0.2) is 17.5 Å². The Morgan fingerprint density at radius 2 is 1.66 bits per heavy atom. The molecule has 1 heterocycles. The maximum Gasteiger partial charge on any atom is 0.185 e. The van der Waals surface area contributed by atoms with Crippen molar-refractivity contribution >= 4 is 22.6 Å². The number of aromatic nitrogens is 1. The van der Waals surface area contributed by atoms with Crippen LogP contribution in [0, 0.1) is 0 Å². The van der Waals surface area contributed by atoms with E-state index in [1.165, 1.54) is 5.39 Å². The molecular weight excluding hydrogens is 434 g/mol. The van der Waals surface area contributed by atoms with E-state index >= 15 is 0 Å². The number of rotatable bonds is 8. The lowest BCUT2D eigenvalue weighted by Crippen LogP contribution is -2.00. The molecule has 0 aliphatic carbocycles. The number of carbonyl (C=O) groups excluding carboxylic acids is 1. The van der Waals surface area contributed by atoms with Crippen LogP contribution in [0.5, 0.6) is 11.5 Å². The van der Waals surface area contributed by atoms with Crippen molar-refractivity contribution in [1.82, 2.24) is 4.57 Å². The maximum atomic E-state index is 12.8. The molecule has 0 radical (unpaired) electrons. The molecule has 0 saturated carbocycles. The number of benzene rings is 4. The molecule has 0 atom stereocenters. The average molecular weight is 460 g/mol. The van der Waals surface area contributed by atoms with Crippen LogP contribution in [0.2, 0.25) is 0 Å². The van der Waals surface area contributed by atoms with Crippen molar-refractivity contribution in [2.75, 3.05) is 7.11 Å². The fourth-order valence-corrected chi connectivity index (χ4v) is 4.03. The summed E-state index contributed by atoms with van der Waals surface area (Å²) in [7, 11) is 1.64. The highest BCUT2D eigenvalue weighted by Crippen LogP contribution is 2.25. The summed E-state index contributed by atoms with van der Waals surface area (Å²) < 4.78 is 13.6. The van der Waals surface area contributed by atoms with Gasteiger partial charge in [0, 0.05) is 29.2 Å². The molecule has 4 aromatic carbocycles. The van der Waals surface area contributed by atoms with Crippen molar-refractivity contribution in [2.45, 2.75) is 6.61 Å². The molecule has 1 aromatic heterocycles. The molecule has 0 unspecified atom stereocenters. The molecule has 4 nitrogen and oxygen atoms in total. The van der Waals surface area contributed by atoms with Crippen LogP contribution >= 0.6 is 0 Å². The van der Waals surface area contributed by atoms with Gasteiger partial charge < -0.3 is 14.0 Å². The van der Waals surface area contributed by atoms with E-state index in [2.05, 4.69) is 18.2 Å². The van der Waals surface area contributed by atoms with Crippen LogP contribution in [0.4, 0.5) is 0 Å². The second-order valence-corrected chi connectivity index (χ2v) is 8.21. The zero-order valence-electron chi connectivity index (χ0n) is 19.4. The average Bonchev–Trinajstić information content (AvgIpc) is 3.46. The van der Waals surface area contributed by atoms with Gasteiger partial charge in [0.05, 0.1) is 7.11 Å². The van der Waals surface area contributed by atoms with E-state index in [1.54, 1.807) is 13.2 Å². The van der Waals surface area contributed by atoms with Crippen LogP contribution < -0.4 is 9.47 Å². The summed E-state index contributed by atoms with van der Waals surface area (Å²) in [4.78, 5) is 12.8. The van der Waals surface area contributed by atoms with E-state index in [0.717, 1.165) is 33.7 Å². The highest BCUT2D eigenvalue weighted by Gasteiger charge is 2.07. The molecule has 0 fully saturated rings. The quantitative estimate of drug-likeness (QED) is 0.183. The minimum absolute atomic E-state index is 0.0520. The van der Waals surface area contributed by atoms with Gasteiger partial charge in [-0.25, -0.2) is 0 Å². The maximum absolute atomic E-state index is 12.8. The number of nitrogens with zero attached hydrogens (tertiary/aromatic N) is 1. The third kappa shape index (κ3) is 5.17. The lowest BCUT2D eigenvalue weighted by molar-refractivity contribution is 0.104. The second kappa shape index (κ2) is 10.1. The normalized spacial score (nSPS) is 11.1. The van der Waals surface area contributed by atoms with Crippen LogP contribution in [0.3, 0.4) is 0 Å². The molecule has 0 saturated heterocycles. The van der Waals surface area contributed by atoms with E-state index < -0.39 is 0 Å². The number of ether oxygens (including phenoxy) is 2. The predicted molar refractivity (Wildman–Crippen MR) is 140 cm³/mol. The van der Waals surface area contributed by atoms with E-state index in [0.29, 0.717) is 12.2 Å². The first-order chi connectivity index (χ1) is 17.2. The molecule has 0 aliphatic rings. The van der Waals surface area contributed by atoms with Gasteiger partial charge in [0.15, 0.2) is 5.78 Å².